The van der Waals surface area contributed by atoms with Gasteiger partial charge in [0.2, 0.25) is 0 Å². The van der Waals surface area contributed by atoms with E-state index in [9.17, 15) is 13.2 Å². The van der Waals surface area contributed by atoms with Crippen molar-refractivity contribution < 1.29 is 13.2 Å². The zero-order chi connectivity index (χ0) is 18.9. The van der Waals surface area contributed by atoms with Crippen molar-refractivity contribution in [1.29, 1.82) is 0 Å². The first-order chi connectivity index (χ1) is 13.0. The molecule has 0 fully saturated rings. The molecular weight excluding hydrogens is 353 g/mol. The summed E-state index contributed by atoms with van der Waals surface area (Å²) in [5.74, 6) is 0.487. The maximum absolute atomic E-state index is 12.7. The van der Waals surface area contributed by atoms with Gasteiger partial charge in [-0.1, -0.05) is 18.2 Å². The Hall–Kier alpha value is -3.48. The van der Waals surface area contributed by atoms with Gasteiger partial charge in [-0.05, 0) is 36.4 Å². The Morgan fingerprint density at radius 1 is 0.815 bits per heavy atom. The van der Waals surface area contributed by atoms with Crippen LogP contribution in [0.4, 0.5) is 24.7 Å². The minimum Gasteiger partial charge on any atom is -0.340 e. The first kappa shape index (κ1) is 17.0. The first-order valence-electron chi connectivity index (χ1n) is 8.11. The molecule has 0 aliphatic heterocycles. The molecule has 27 heavy (non-hydrogen) atoms. The van der Waals surface area contributed by atoms with Gasteiger partial charge in [0.15, 0.2) is 0 Å². The highest BCUT2D eigenvalue weighted by Gasteiger charge is 2.29. The van der Waals surface area contributed by atoms with Gasteiger partial charge >= 0.3 is 6.18 Å². The van der Waals surface area contributed by atoms with E-state index in [-0.39, 0.29) is 0 Å². The monoisotopic (exact) mass is 366 g/mol. The molecule has 0 amide bonds. The molecule has 0 atom stereocenters. The molecule has 4 aromatic rings. The van der Waals surface area contributed by atoms with Crippen LogP contribution in [0.3, 0.4) is 0 Å². The zero-order valence-electron chi connectivity index (χ0n) is 13.9. The van der Waals surface area contributed by atoms with Crippen molar-refractivity contribution in [3.05, 3.63) is 78.8 Å². The van der Waals surface area contributed by atoms with Crippen molar-refractivity contribution in [2.24, 2.45) is 0 Å². The van der Waals surface area contributed by atoms with Crippen LogP contribution < -0.4 is 5.32 Å². The first-order valence-corrected chi connectivity index (χ1v) is 8.11. The number of aromatic nitrogens is 3. The molecular formula is C20H13F3N4. The predicted molar refractivity (Wildman–Crippen MR) is 97.5 cm³/mol. The smallest absolute Gasteiger partial charge is 0.340 e. The third-order valence-corrected chi connectivity index (χ3v) is 4.07. The average molecular weight is 366 g/mol. The molecule has 4 rings (SSSR count). The minimum atomic E-state index is -4.36. The van der Waals surface area contributed by atoms with Gasteiger partial charge in [-0.2, -0.15) is 13.2 Å². The molecule has 0 bridgehead atoms. The Balaban J connectivity index is 1.65. The number of nitrogens with one attached hydrogen (secondary N) is 1. The molecule has 0 saturated carbocycles. The van der Waals surface area contributed by atoms with Crippen LogP contribution in [0, 0.1) is 0 Å². The average Bonchev–Trinajstić information content (AvgIpc) is 2.67. The summed E-state index contributed by atoms with van der Waals surface area (Å²) in [5.41, 5.74) is 2.26. The molecule has 0 saturated heterocycles. The lowest BCUT2D eigenvalue weighted by Gasteiger charge is -2.10. The van der Waals surface area contributed by atoms with Crippen LogP contribution in [0.15, 0.2) is 73.2 Å². The van der Waals surface area contributed by atoms with Crippen LogP contribution in [0.25, 0.3) is 22.2 Å². The van der Waals surface area contributed by atoms with E-state index < -0.39 is 11.7 Å². The quantitative estimate of drug-likeness (QED) is 0.523. The largest absolute Gasteiger partial charge is 0.416 e. The number of rotatable bonds is 3. The molecule has 4 nitrogen and oxygen atoms in total. The molecule has 0 unspecified atom stereocenters. The van der Waals surface area contributed by atoms with Crippen LogP contribution in [-0.2, 0) is 6.18 Å². The Morgan fingerprint density at radius 3 is 2.41 bits per heavy atom. The van der Waals surface area contributed by atoms with Crippen LogP contribution in [0.2, 0.25) is 0 Å². The van der Waals surface area contributed by atoms with Crippen LogP contribution >= 0.6 is 0 Å². The van der Waals surface area contributed by atoms with E-state index in [4.69, 9.17) is 0 Å². The Kier molecular flexibility index (Phi) is 4.19. The van der Waals surface area contributed by atoms with Crippen molar-refractivity contribution in [3.8, 4) is 11.3 Å². The van der Waals surface area contributed by atoms with Gasteiger partial charge in [-0.25, -0.2) is 9.97 Å². The second-order valence-corrected chi connectivity index (χ2v) is 5.86. The molecule has 2 aromatic heterocycles. The van der Waals surface area contributed by atoms with Crippen molar-refractivity contribution in [3.63, 3.8) is 0 Å². The van der Waals surface area contributed by atoms with E-state index in [1.165, 1.54) is 18.5 Å². The summed E-state index contributed by atoms with van der Waals surface area (Å²) in [5, 5.41) is 3.96. The molecule has 2 heterocycles. The van der Waals surface area contributed by atoms with Crippen molar-refractivity contribution in [2.45, 2.75) is 6.18 Å². The summed E-state index contributed by atoms with van der Waals surface area (Å²) in [6.45, 7) is 0. The lowest BCUT2D eigenvalue weighted by molar-refractivity contribution is -0.137. The van der Waals surface area contributed by atoms with Gasteiger partial charge in [0, 0.05) is 28.9 Å². The fourth-order valence-corrected chi connectivity index (χ4v) is 2.79. The number of hydrogen-bond donors (Lipinski definition) is 1. The maximum atomic E-state index is 12.7. The highest BCUT2D eigenvalue weighted by molar-refractivity contribution is 5.93. The maximum Gasteiger partial charge on any atom is 0.416 e. The van der Waals surface area contributed by atoms with E-state index >= 15 is 0 Å². The summed E-state index contributed by atoms with van der Waals surface area (Å²) in [4.78, 5) is 12.8. The van der Waals surface area contributed by atoms with Crippen molar-refractivity contribution >= 4 is 22.4 Å². The Bertz CT molecular complexity index is 1090. The second-order valence-electron chi connectivity index (χ2n) is 5.86. The number of anilines is 2. The molecule has 0 aliphatic carbocycles. The SMILES string of the molecule is FC(F)(F)c1ccc(Nc2cc(-c3cccc4ncccc34)ncn2)cc1. The highest BCUT2D eigenvalue weighted by Crippen LogP contribution is 2.31. The van der Waals surface area contributed by atoms with Gasteiger partial charge in [0.25, 0.3) is 0 Å². The molecule has 0 spiro atoms. The van der Waals surface area contributed by atoms with E-state index in [0.29, 0.717) is 17.2 Å². The molecule has 7 heteroatoms. The van der Waals surface area contributed by atoms with Gasteiger partial charge in [0.05, 0.1) is 16.8 Å². The van der Waals surface area contributed by atoms with E-state index in [1.807, 2.05) is 30.3 Å². The highest BCUT2D eigenvalue weighted by atomic mass is 19.4. The van der Waals surface area contributed by atoms with E-state index in [2.05, 4.69) is 20.3 Å². The topological polar surface area (TPSA) is 50.7 Å². The number of nitrogens with zero attached hydrogens (tertiary/aromatic N) is 3. The van der Waals surface area contributed by atoms with E-state index in [1.54, 1.807) is 12.3 Å². The van der Waals surface area contributed by atoms with Gasteiger partial charge in [-0.3, -0.25) is 4.98 Å². The Labute approximate surface area is 152 Å². The third-order valence-electron chi connectivity index (χ3n) is 4.07. The number of pyridine rings is 1. The number of fused-ring (bicyclic) bond motifs is 1. The second kappa shape index (κ2) is 6.68. The summed E-state index contributed by atoms with van der Waals surface area (Å²) >= 11 is 0. The zero-order valence-corrected chi connectivity index (χ0v) is 13.9. The van der Waals surface area contributed by atoms with Crippen LogP contribution in [0.5, 0.6) is 0 Å². The number of alkyl halides is 3. The standard InChI is InChI=1S/C20H13F3N4/c21-20(22,23)13-6-8-14(9-7-13)27-19-11-18(25-12-26-19)16-3-1-5-17-15(16)4-2-10-24-17/h1-12H,(H,25,26,27). The van der Waals surface area contributed by atoms with Crippen molar-refractivity contribution in [2.75, 3.05) is 5.32 Å². The van der Waals surface area contributed by atoms with Gasteiger partial charge in [0.1, 0.15) is 12.1 Å². The van der Waals surface area contributed by atoms with E-state index in [0.717, 1.165) is 28.6 Å². The van der Waals surface area contributed by atoms with Crippen LogP contribution in [0.1, 0.15) is 5.56 Å². The van der Waals surface area contributed by atoms with Crippen LogP contribution in [-0.4, -0.2) is 15.0 Å². The summed E-state index contributed by atoms with van der Waals surface area (Å²) in [7, 11) is 0. The normalized spacial score (nSPS) is 11.5. The molecule has 2 aromatic carbocycles. The van der Waals surface area contributed by atoms with Crippen molar-refractivity contribution in [1.82, 2.24) is 15.0 Å². The minimum absolute atomic E-state index is 0.487. The summed E-state index contributed by atoms with van der Waals surface area (Å²) < 4.78 is 38.0. The third kappa shape index (κ3) is 3.57. The number of halogens is 3. The molecule has 134 valence electrons. The molecule has 0 radical (unpaired) electrons. The lowest BCUT2D eigenvalue weighted by atomic mass is 10.1. The summed E-state index contributed by atoms with van der Waals surface area (Å²) in [6.07, 6.45) is -1.22. The predicted octanol–water partition coefficient (Wildman–Crippen LogP) is 5.45. The molecule has 0 aliphatic rings. The lowest BCUT2D eigenvalue weighted by Crippen LogP contribution is -2.04. The number of benzene rings is 2. The molecule has 1 N–H and O–H groups in total. The Morgan fingerprint density at radius 2 is 1.63 bits per heavy atom. The number of hydrogen-bond acceptors (Lipinski definition) is 4. The fraction of sp³-hybridized carbons (Fsp3) is 0.0500. The fourth-order valence-electron chi connectivity index (χ4n) is 2.79. The summed E-state index contributed by atoms with van der Waals surface area (Å²) in [6, 6.07) is 16.1. The van der Waals surface area contributed by atoms with Gasteiger partial charge in [-0.15, -0.1) is 0 Å². The van der Waals surface area contributed by atoms with Gasteiger partial charge < -0.3 is 5.32 Å².